The molecule has 1 aliphatic rings. The second kappa shape index (κ2) is 11.7. The third kappa shape index (κ3) is 7.95. The van der Waals surface area contributed by atoms with Crippen LogP contribution in [0.2, 0.25) is 0 Å². The predicted octanol–water partition coefficient (Wildman–Crippen LogP) is 5.46. The Morgan fingerprint density at radius 2 is 1.58 bits per heavy atom. The molecule has 0 aliphatic heterocycles. The van der Waals surface area contributed by atoms with Crippen molar-refractivity contribution in [1.82, 2.24) is 10.6 Å². The van der Waals surface area contributed by atoms with Crippen molar-refractivity contribution in [2.75, 3.05) is 6.54 Å². The van der Waals surface area contributed by atoms with Crippen LogP contribution in [0.4, 0.5) is 8.78 Å². The Kier molecular flexibility index (Phi) is 8.64. The summed E-state index contributed by atoms with van der Waals surface area (Å²) in [5.41, 5.74) is 3.67. The number of carbonyl (C=O) groups is 1. The van der Waals surface area contributed by atoms with Crippen LogP contribution >= 0.6 is 0 Å². The molecule has 4 nitrogen and oxygen atoms in total. The first-order valence-corrected chi connectivity index (χ1v) is 13.3. The molecule has 0 saturated heterocycles. The van der Waals surface area contributed by atoms with Crippen molar-refractivity contribution < 1.29 is 18.7 Å². The van der Waals surface area contributed by atoms with Gasteiger partial charge in [-0.05, 0) is 65.5 Å². The first kappa shape index (κ1) is 27.9. The topological polar surface area (TPSA) is 61.4 Å². The summed E-state index contributed by atoms with van der Waals surface area (Å²) in [6.45, 7) is 6.89. The number of aliphatic hydroxyl groups is 1. The Bertz CT molecular complexity index is 1220. The summed E-state index contributed by atoms with van der Waals surface area (Å²) in [4.78, 5) is 12.8. The average molecular weight is 521 g/mol. The van der Waals surface area contributed by atoms with E-state index in [1.165, 1.54) is 23.3 Å². The van der Waals surface area contributed by atoms with Crippen LogP contribution < -0.4 is 10.6 Å². The Hall–Kier alpha value is -3.09. The lowest BCUT2D eigenvalue weighted by atomic mass is 9.87. The molecule has 0 bridgehead atoms. The number of hydrogen-bond acceptors (Lipinski definition) is 3. The molecule has 1 amide bonds. The van der Waals surface area contributed by atoms with Gasteiger partial charge in [0.15, 0.2) is 0 Å². The van der Waals surface area contributed by atoms with Gasteiger partial charge in [-0.15, -0.1) is 0 Å². The third-order valence-corrected chi connectivity index (χ3v) is 7.01. The lowest BCUT2D eigenvalue weighted by Crippen LogP contribution is -2.50. The Labute approximate surface area is 224 Å². The quantitative estimate of drug-likeness (QED) is 0.315. The largest absolute Gasteiger partial charge is 0.390 e. The van der Waals surface area contributed by atoms with E-state index in [0.717, 1.165) is 30.9 Å². The van der Waals surface area contributed by atoms with E-state index in [4.69, 9.17) is 0 Å². The molecule has 2 atom stereocenters. The summed E-state index contributed by atoms with van der Waals surface area (Å²) in [6, 6.07) is 20.5. The lowest BCUT2D eigenvalue weighted by Gasteiger charge is -2.28. The molecule has 3 aromatic rings. The van der Waals surface area contributed by atoms with Crippen LogP contribution in [-0.4, -0.2) is 29.7 Å². The van der Waals surface area contributed by atoms with Gasteiger partial charge in [0.25, 0.3) is 0 Å². The van der Waals surface area contributed by atoms with Crippen molar-refractivity contribution in [1.29, 1.82) is 0 Å². The molecule has 38 heavy (non-hydrogen) atoms. The highest BCUT2D eigenvalue weighted by Crippen LogP contribution is 2.46. The normalized spacial score (nSPS) is 16.1. The van der Waals surface area contributed by atoms with Gasteiger partial charge >= 0.3 is 0 Å². The van der Waals surface area contributed by atoms with Gasteiger partial charge in [-0.3, -0.25) is 4.79 Å². The van der Waals surface area contributed by atoms with E-state index < -0.39 is 23.8 Å². The Morgan fingerprint density at radius 3 is 2.21 bits per heavy atom. The molecule has 1 saturated carbocycles. The van der Waals surface area contributed by atoms with Gasteiger partial charge < -0.3 is 15.7 Å². The number of nitrogens with one attached hydrogen (secondary N) is 2. The molecule has 0 radical (unpaired) electrons. The first-order valence-electron chi connectivity index (χ1n) is 13.3. The van der Waals surface area contributed by atoms with Crippen LogP contribution in [0.5, 0.6) is 0 Å². The molecule has 3 aromatic carbocycles. The standard InChI is InChI=1S/C32H38F2N2O2/c1-31(2,3)20-23-10-7-11-25(14-23)32(12-13-32)35-21-29(37)28(17-24-15-26(33)19-27(34)16-24)36-30(38)18-22-8-5-4-6-9-22/h4-11,14-16,19,28-29,35,37H,12-13,17-18,20-21H2,1-3H3,(H,36,38)/t28-,29+/m0/s1. The maximum absolute atomic E-state index is 13.9. The summed E-state index contributed by atoms with van der Waals surface area (Å²) in [7, 11) is 0. The molecular weight excluding hydrogens is 482 g/mol. The van der Waals surface area contributed by atoms with Crippen molar-refractivity contribution in [3.05, 3.63) is 107 Å². The molecule has 0 heterocycles. The van der Waals surface area contributed by atoms with Crippen LogP contribution in [0.25, 0.3) is 0 Å². The number of halogens is 2. The Balaban J connectivity index is 1.46. The summed E-state index contributed by atoms with van der Waals surface area (Å²) in [6.07, 6.45) is 2.18. The molecule has 0 unspecified atom stereocenters. The zero-order chi connectivity index (χ0) is 27.3. The molecular formula is C32H38F2N2O2. The van der Waals surface area contributed by atoms with E-state index in [1.54, 1.807) is 0 Å². The number of rotatable bonds is 11. The minimum atomic E-state index is -0.962. The SMILES string of the molecule is CC(C)(C)Cc1cccc(C2(NC[C@@H](O)[C@H](Cc3cc(F)cc(F)c3)NC(=O)Cc3ccccc3)CC2)c1. The van der Waals surface area contributed by atoms with Crippen molar-refractivity contribution in [2.45, 2.75) is 70.6 Å². The first-order chi connectivity index (χ1) is 18.0. The summed E-state index contributed by atoms with van der Waals surface area (Å²) in [5, 5.41) is 17.7. The van der Waals surface area contributed by atoms with E-state index in [-0.39, 0.29) is 36.2 Å². The van der Waals surface area contributed by atoms with Crippen molar-refractivity contribution in [2.24, 2.45) is 5.41 Å². The van der Waals surface area contributed by atoms with Crippen LogP contribution in [0.3, 0.4) is 0 Å². The zero-order valence-electron chi connectivity index (χ0n) is 22.4. The van der Waals surface area contributed by atoms with Crippen LogP contribution in [-0.2, 0) is 29.6 Å². The van der Waals surface area contributed by atoms with E-state index >= 15 is 0 Å². The fraction of sp³-hybridized carbons (Fsp3) is 0.406. The molecule has 3 N–H and O–H groups in total. The minimum absolute atomic E-state index is 0.103. The van der Waals surface area contributed by atoms with Gasteiger partial charge in [-0.1, -0.05) is 75.4 Å². The number of carbonyl (C=O) groups excluding carboxylic acids is 1. The lowest BCUT2D eigenvalue weighted by molar-refractivity contribution is -0.122. The maximum Gasteiger partial charge on any atom is 0.224 e. The fourth-order valence-corrected chi connectivity index (χ4v) is 5.03. The number of hydrogen-bond donors (Lipinski definition) is 3. The molecule has 6 heteroatoms. The third-order valence-electron chi connectivity index (χ3n) is 7.01. The fourth-order valence-electron chi connectivity index (χ4n) is 5.03. The number of aliphatic hydroxyl groups excluding tert-OH is 1. The van der Waals surface area contributed by atoms with E-state index in [9.17, 15) is 18.7 Å². The molecule has 0 spiro atoms. The smallest absolute Gasteiger partial charge is 0.224 e. The van der Waals surface area contributed by atoms with Gasteiger partial charge in [-0.2, -0.15) is 0 Å². The van der Waals surface area contributed by atoms with Gasteiger partial charge in [0.05, 0.1) is 18.6 Å². The van der Waals surface area contributed by atoms with Crippen molar-refractivity contribution in [3.63, 3.8) is 0 Å². The number of benzene rings is 3. The summed E-state index contributed by atoms with van der Waals surface area (Å²) in [5.74, 6) is -1.63. The van der Waals surface area contributed by atoms with E-state index in [1.807, 2.05) is 30.3 Å². The average Bonchev–Trinajstić information content (AvgIpc) is 3.62. The van der Waals surface area contributed by atoms with E-state index in [0.29, 0.717) is 5.56 Å². The molecule has 0 aromatic heterocycles. The summed E-state index contributed by atoms with van der Waals surface area (Å²) < 4.78 is 27.7. The highest BCUT2D eigenvalue weighted by molar-refractivity contribution is 5.79. The second-order valence-corrected chi connectivity index (χ2v) is 11.8. The zero-order valence-corrected chi connectivity index (χ0v) is 22.4. The van der Waals surface area contributed by atoms with Gasteiger partial charge in [-0.25, -0.2) is 8.78 Å². The highest BCUT2D eigenvalue weighted by Gasteiger charge is 2.44. The van der Waals surface area contributed by atoms with Gasteiger partial charge in [0, 0.05) is 18.2 Å². The summed E-state index contributed by atoms with van der Waals surface area (Å²) >= 11 is 0. The van der Waals surface area contributed by atoms with Crippen molar-refractivity contribution >= 4 is 5.91 Å². The van der Waals surface area contributed by atoms with Gasteiger partial charge in [0.2, 0.25) is 5.91 Å². The molecule has 4 rings (SSSR count). The minimum Gasteiger partial charge on any atom is -0.390 e. The molecule has 202 valence electrons. The van der Waals surface area contributed by atoms with Crippen LogP contribution in [0, 0.1) is 17.0 Å². The van der Waals surface area contributed by atoms with E-state index in [2.05, 4.69) is 55.7 Å². The second-order valence-electron chi connectivity index (χ2n) is 11.8. The van der Waals surface area contributed by atoms with Crippen molar-refractivity contribution in [3.8, 4) is 0 Å². The van der Waals surface area contributed by atoms with Crippen LogP contribution in [0.1, 0.15) is 55.9 Å². The maximum atomic E-state index is 13.9. The van der Waals surface area contributed by atoms with Crippen LogP contribution in [0.15, 0.2) is 72.8 Å². The molecule has 1 aliphatic carbocycles. The highest BCUT2D eigenvalue weighted by atomic mass is 19.1. The monoisotopic (exact) mass is 520 g/mol. The Morgan fingerprint density at radius 1 is 0.921 bits per heavy atom. The predicted molar refractivity (Wildman–Crippen MR) is 147 cm³/mol. The number of amides is 1. The van der Waals surface area contributed by atoms with Gasteiger partial charge in [0.1, 0.15) is 11.6 Å². The molecule has 1 fully saturated rings.